The van der Waals surface area contributed by atoms with Crippen molar-refractivity contribution >= 4 is 53.4 Å². The first-order valence-electron chi connectivity index (χ1n) is 19.5. The van der Waals surface area contributed by atoms with Gasteiger partial charge in [0.2, 0.25) is 11.8 Å². The Morgan fingerprint density at radius 2 is 1.54 bits per heavy atom. The number of methoxy groups -OCH3 is 1. The molecule has 0 radical (unpaired) electrons. The molecule has 0 aromatic carbocycles. The van der Waals surface area contributed by atoms with Crippen LogP contribution in [0, 0.1) is 0 Å². The normalized spacial score (nSPS) is 19.2. The Labute approximate surface area is 332 Å². The second-order valence-corrected chi connectivity index (χ2v) is 16.9. The van der Waals surface area contributed by atoms with Crippen LogP contribution < -0.4 is 16.0 Å². The van der Waals surface area contributed by atoms with Gasteiger partial charge >= 0.3 is 18.1 Å². The fourth-order valence-electron chi connectivity index (χ4n) is 6.26. The third-order valence-electron chi connectivity index (χ3n) is 9.46. The van der Waals surface area contributed by atoms with E-state index in [1.54, 1.807) is 23.5 Å². The Kier molecular flexibility index (Phi) is 23.1. The lowest BCUT2D eigenvalue weighted by Gasteiger charge is -2.20. The van der Waals surface area contributed by atoms with Crippen LogP contribution in [-0.2, 0) is 23.9 Å². The number of fused-ring (bicyclic) bond motifs is 1. The number of hydrogen-bond donors (Lipinski definition) is 3. The predicted molar refractivity (Wildman–Crippen MR) is 222 cm³/mol. The summed E-state index contributed by atoms with van der Waals surface area (Å²) in [4.78, 5) is 62.6. The van der Waals surface area contributed by atoms with Gasteiger partial charge in [-0.25, -0.2) is 14.5 Å². The molecule has 3 N–H and O–H groups in total. The number of urea groups is 1. The molecule has 2 fully saturated rings. The minimum atomic E-state index is -0.658. The zero-order valence-corrected chi connectivity index (χ0v) is 35.4. The van der Waals surface area contributed by atoms with Gasteiger partial charge < -0.3 is 25.4 Å². The lowest BCUT2D eigenvalue weighted by molar-refractivity contribution is -0.140. The lowest BCUT2D eigenvalue weighted by atomic mass is 10.0. The largest absolute Gasteiger partial charge is 0.469 e. The molecule has 2 heterocycles. The van der Waals surface area contributed by atoms with E-state index in [1.165, 1.54) is 41.2 Å². The first-order chi connectivity index (χ1) is 25.8. The maximum Gasteiger partial charge on any atom is 0.418 e. The van der Waals surface area contributed by atoms with Gasteiger partial charge in [0.1, 0.15) is 6.04 Å². The number of allylic oxidation sites excluding steroid dienone is 7. The summed E-state index contributed by atoms with van der Waals surface area (Å²) < 4.78 is 10.1. The number of amides is 5. The highest BCUT2D eigenvalue weighted by Crippen LogP contribution is 2.37. The molecule has 11 nitrogen and oxygen atoms in total. The third kappa shape index (κ3) is 18.9. The van der Waals surface area contributed by atoms with Crippen molar-refractivity contribution in [1.82, 2.24) is 20.9 Å². The third-order valence-corrected chi connectivity index (χ3v) is 11.9. The Hall–Kier alpha value is -3.19. The van der Waals surface area contributed by atoms with Crippen LogP contribution in [0.4, 0.5) is 9.59 Å². The van der Waals surface area contributed by atoms with Crippen molar-refractivity contribution in [3.8, 4) is 0 Å². The van der Waals surface area contributed by atoms with E-state index in [1.807, 2.05) is 0 Å². The van der Waals surface area contributed by atoms with Crippen LogP contribution in [0.1, 0.15) is 119 Å². The van der Waals surface area contributed by atoms with Gasteiger partial charge in [-0.3, -0.25) is 14.4 Å². The number of unbranched alkanes of at least 4 members (excludes halogenated alkanes) is 2. The molecule has 0 bridgehead atoms. The summed E-state index contributed by atoms with van der Waals surface area (Å²) in [5.41, 5.74) is 5.56. The van der Waals surface area contributed by atoms with Crippen LogP contribution in [0.3, 0.4) is 0 Å². The van der Waals surface area contributed by atoms with Gasteiger partial charge in [0.25, 0.3) is 0 Å². The molecule has 54 heavy (non-hydrogen) atoms. The maximum atomic E-state index is 12.9. The Bertz CT molecular complexity index is 1360. The molecule has 0 spiro atoms. The van der Waals surface area contributed by atoms with E-state index in [2.05, 4.69) is 79.6 Å². The van der Waals surface area contributed by atoms with E-state index in [0.717, 1.165) is 63.5 Å². The number of nitrogens with zero attached hydrogens (tertiary/aromatic N) is 1. The highest BCUT2D eigenvalue weighted by molar-refractivity contribution is 8.00. The van der Waals surface area contributed by atoms with E-state index in [0.29, 0.717) is 37.3 Å². The van der Waals surface area contributed by atoms with Crippen LogP contribution >= 0.6 is 23.5 Å². The minimum Gasteiger partial charge on any atom is -0.469 e. The van der Waals surface area contributed by atoms with Crippen LogP contribution in [0.25, 0.3) is 0 Å². The van der Waals surface area contributed by atoms with Gasteiger partial charge in [0.05, 0.1) is 25.8 Å². The second-order valence-electron chi connectivity index (χ2n) is 14.6. The van der Waals surface area contributed by atoms with Crippen LogP contribution in [-0.4, -0.2) is 95.7 Å². The van der Waals surface area contributed by atoms with Gasteiger partial charge in [0, 0.05) is 42.4 Å². The molecule has 0 aromatic rings. The quantitative estimate of drug-likeness (QED) is 0.0363. The van der Waals surface area contributed by atoms with Gasteiger partial charge in [-0.15, -0.1) is 0 Å². The molecule has 13 heteroatoms. The van der Waals surface area contributed by atoms with Crippen molar-refractivity contribution in [2.45, 2.75) is 142 Å². The number of ether oxygens (including phenoxy) is 2. The van der Waals surface area contributed by atoms with Crippen molar-refractivity contribution in [1.29, 1.82) is 0 Å². The average molecular weight is 791 g/mol. The van der Waals surface area contributed by atoms with E-state index >= 15 is 0 Å². The van der Waals surface area contributed by atoms with Crippen molar-refractivity contribution < 1.29 is 33.4 Å². The average Bonchev–Trinajstić information content (AvgIpc) is 3.66. The Morgan fingerprint density at radius 1 is 0.889 bits per heavy atom. The predicted octanol–water partition coefficient (Wildman–Crippen LogP) is 8.01. The number of esters is 1. The first kappa shape index (κ1) is 47.0. The molecule has 0 saturated carbocycles. The summed E-state index contributed by atoms with van der Waals surface area (Å²) in [5.74, 6) is 1.13. The maximum absolute atomic E-state index is 12.9. The molecule has 2 saturated heterocycles. The molecular weight excluding hydrogens is 725 g/mol. The van der Waals surface area contributed by atoms with Crippen LogP contribution in [0.2, 0.25) is 0 Å². The topological polar surface area (TPSA) is 143 Å². The minimum absolute atomic E-state index is 0.125. The number of hydrogen-bond acceptors (Lipinski definition) is 9. The zero-order valence-electron chi connectivity index (χ0n) is 33.8. The van der Waals surface area contributed by atoms with Gasteiger partial charge in [-0.2, -0.15) is 23.5 Å². The van der Waals surface area contributed by atoms with Crippen molar-refractivity contribution in [3.63, 3.8) is 0 Å². The number of imide groups is 1. The first-order valence-corrected chi connectivity index (χ1v) is 21.7. The molecule has 2 aliphatic rings. The summed E-state index contributed by atoms with van der Waals surface area (Å²) in [7, 11) is 1.38. The molecule has 4 unspecified atom stereocenters. The number of thioether (sulfide) groups is 2. The molecule has 4 atom stereocenters. The molecule has 2 rings (SSSR count). The molecule has 0 aliphatic carbocycles. The molecule has 2 aliphatic heterocycles. The SMILES string of the molecule is COC(=O)CCCCC1SCC2C1NC(=O)N2C(=O)OCCCCNC(=O)C(CSC/C=C(\C)CC/C=C(\C)CC/C=C(\C)CCC=C(C)C)NC(C)=O. The van der Waals surface area contributed by atoms with E-state index in [4.69, 9.17) is 4.74 Å². The highest BCUT2D eigenvalue weighted by atomic mass is 32.2. The lowest BCUT2D eigenvalue weighted by Crippen LogP contribution is -2.47. The van der Waals surface area contributed by atoms with Gasteiger partial charge in [0.15, 0.2) is 0 Å². The molecular formula is C41H66N4O7S2. The fraction of sp³-hybridized carbons (Fsp3) is 0.683. The summed E-state index contributed by atoms with van der Waals surface area (Å²) in [6, 6.07) is -1.47. The monoisotopic (exact) mass is 790 g/mol. The summed E-state index contributed by atoms with van der Waals surface area (Å²) >= 11 is 3.33. The summed E-state index contributed by atoms with van der Waals surface area (Å²) in [5, 5.41) is 8.76. The Balaban J connectivity index is 1.63. The van der Waals surface area contributed by atoms with Crippen LogP contribution in [0.15, 0.2) is 46.6 Å². The zero-order chi connectivity index (χ0) is 39.9. The van der Waals surface area contributed by atoms with Crippen molar-refractivity contribution in [3.05, 3.63) is 46.6 Å². The number of nitrogens with one attached hydrogen (secondary N) is 3. The van der Waals surface area contributed by atoms with Crippen LogP contribution in [0.5, 0.6) is 0 Å². The Morgan fingerprint density at radius 3 is 2.17 bits per heavy atom. The second kappa shape index (κ2) is 26.6. The standard InChI is InChI=1S/C41H66N4O7S2/c1-29(2)15-12-16-30(3)17-13-18-31(4)19-14-20-32(5)23-26-53-27-34(43-33(6)46)39(48)42-24-10-11-25-52-41(50)45-35-28-54-36(38(35)44-40(45)49)21-8-9-22-37(47)51-7/h15,17,19,23,34-36,38H,8-14,16,18,20-22,24-28H2,1-7H3,(H,42,48)(H,43,46)(H,44,49)/b30-17+,31-19+,32-23+. The van der Waals surface area contributed by atoms with E-state index < -0.39 is 18.2 Å². The summed E-state index contributed by atoms with van der Waals surface area (Å²) in [6.07, 6.45) is 18.8. The number of rotatable bonds is 25. The molecule has 5 amide bonds. The fourth-order valence-corrected chi connectivity index (χ4v) is 8.86. The molecule has 0 aromatic heterocycles. The number of carbonyl (C=O) groups excluding carboxylic acids is 5. The number of carbonyl (C=O) groups is 5. The highest BCUT2D eigenvalue weighted by Gasteiger charge is 2.51. The van der Waals surface area contributed by atoms with Crippen molar-refractivity contribution in [2.75, 3.05) is 37.5 Å². The smallest absolute Gasteiger partial charge is 0.418 e. The molecule has 304 valence electrons. The van der Waals surface area contributed by atoms with Gasteiger partial charge in [-0.1, -0.05) is 53.0 Å². The van der Waals surface area contributed by atoms with E-state index in [9.17, 15) is 24.0 Å². The van der Waals surface area contributed by atoms with Gasteiger partial charge in [-0.05, 0) is 98.8 Å². The van der Waals surface area contributed by atoms with E-state index in [-0.39, 0.29) is 41.7 Å². The summed E-state index contributed by atoms with van der Waals surface area (Å²) in [6.45, 7) is 12.8. The van der Waals surface area contributed by atoms with Crippen molar-refractivity contribution in [2.24, 2.45) is 0 Å².